The number of aromatic nitrogens is 1. The largest absolute Gasteiger partial charge is 0.481 e. The average Bonchev–Trinajstić information content (AvgIpc) is 3.44. The van der Waals surface area contributed by atoms with Crippen LogP contribution in [0.5, 0.6) is 0 Å². The Balaban J connectivity index is 1.64. The Kier molecular flexibility index (Phi) is 12.4. The number of carbonyl (C=O) groups is 5. The van der Waals surface area contributed by atoms with E-state index >= 15 is 0 Å². The summed E-state index contributed by atoms with van der Waals surface area (Å²) < 4.78 is 5.49. The van der Waals surface area contributed by atoms with Gasteiger partial charge >= 0.3 is 12.1 Å². The number of piperazine rings is 1. The molecular formula is C36H48N6O7. The van der Waals surface area contributed by atoms with Crippen LogP contribution in [0.1, 0.15) is 64.5 Å². The van der Waals surface area contributed by atoms with E-state index in [0.717, 1.165) is 28.5 Å². The number of alkyl carbamates (subject to hydrolysis) is 1. The van der Waals surface area contributed by atoms with E-state index in [4.69, 9.17) is 10.5 Å². The number of aromatic amines is 1. The quantitative estimate of drug-likeness (QED) is 0.141. The number of carboxylic acids is 1. The standard InChI is InChI=1S/C36H48N6O7/c1-5-6-15-26(29-21-42(34(47)28(39-29)19-31(43)44)30(32(37)45)17-22-12-8-7-9-13-22)40-33(46)27(41-35(48)49-36(2,3)4)18-23-20-38-25-16-11-10-14-24(23)25/h7-14,16,20,26-30,38-39H,5-6,15,17-19,21H2,1-4H3,(H2,37,45)(H,40,46)(H,41,48)(H,43,44)/t26-,27-,28-,29+,30-/m0/s1. The van der Waals surface area contributed by atoms with Crippen LogP contribution in [0.15, 0.2) is 60.8 Å². The molecule has 0 saturated carbocycles. The van der Waals surface area contributed by atoms with Gasteiger partial charge in [0, 0.05) is 48.6 Å². The van der Waals surface area contributed by atoms with Gasteiger partial charge in [-0.1, -0.05) is 68.3 Å². The maximum Gasteiger partial charge on any atom is 0.408 e. The second kappa shape index (κ2) is 16.5. The summed E-state index contributed by atoms with van der Waals surface area (Å²) in [5.41, 5.74) is 7.53. The Morgan fingerprint density at radius 2 is 1.73 bits per heavy atom. The number of nitrogens with zero attached hydrogens (tertiary/aromatic N) is 1. The molecule has 1 aliphatic heterocycles. The van der Waals surface area contributed by atoms with E-state index in [1.54, 1.807) is 27.0 Å². The highest BCUT2D eigenvalue weighted by molar-refractivity contribution is 5.92. The first-order valence-corrected chi connectivity index (χ1v) is 16.7. The summed E-state index contributed by atoms with van der Waals surface area (Å²) in [7, 11) is 0. The first kappa shape index (κ1) is 36.9. The number of nitrogens with one attached hydrogen (secondary N) is 4. The number of carbonyl (C=O) groups excluding carboxylic acids is 4. The third-order valence-corrected chi connectivity index (χ3v) is 8.53. The fraction of sp³-hybridized carbons (Fsp3) is 0.472. The zero-order valence-corrected chi connectivity index (χ0v) is 28.5. The minimum Gasteiger partial charge on any atom is -0.481 e. The van der Waals surface area contributed by atoms with Crippen molar-refractivity contribution in [2.24, 2.45) is 5.73 Å². The molecule has 2 heterocycles. The minimum absolute atomic E-state index is 0.00331. The SMILES string of the molecule is CCCC[C@H](NC(=O)[C@H](Cc1c[nH]c2ccccc12)NC(=O)OC(C)(C)C)[C@H]1CN([C@@H](Cc2ccccc2)C(N)=O)C(=O)[C@H](CC(=O)O)N1. The molecule has 264 valence electrons. The molecule has 3 aromatic rings. The Hall–Kier alpha value is -4.91. The van der Waals surface area contributed by atoms with Gasteiger partial charge in [-0.15, -0.1) is 0 Å². The lowest BCUT2D eigenvalue weighted by Gasteiger charge is -2.44. The first-order chi connectivity index (χ1) is 23.3. The van der Waals surface area contributed by atoms with Crippen molar-refractivity contribution in [1.29, 1.82) is 0 Å². The van der Waals surface area contributed by atoms with E-state index in [0.29, 0.717) is 12.8 Å². The van der Waals surface area contributed by atoms with Crippen LogP contribution in [0, 0.1) is 0 Å². The highest BCUT2D eigenvalue weighted by Gasteiger charge is 2.43. The molecule has 0 unspecified atom stereocenters. The Morgan fingerprint density at radius 3 is 2.39 bits per heavy atom. The van der Waals surface area contributed by atoms with Gasteiger partial charge in [-0.3, -0.25) is 24.5 Å². The number of hydrogen-bond acceptors (Lipinski definition) is 7. The molecular weight excluding hydrogens is 628 g/mol. The summed E-state index contributed by atoms with van der Waals surface area (Å²) in [6.45, 7) is 7.19. The summed E-state index contributed by atoms with van der Waals surface area (Å²) in [6.07, 6.45) is 2.80. The zero-order chi connectivity index (χ0) is 35.7. The van der Waals surface area contributed by atoms with Crippen LogP contribution >= 0.6 is 0 Å². The zero-order valence-electron chi connectivity index (χ0n) is 28.5. The van der Waals surface area contributed by atoms with Crippen molar-refractivity contribution in [2.45, 2.75) is 102 Å². The van der Waals surface area contributed by atoms with Crippen molar-refractivity contribution in [3.8, 4) is 0 Å². The molecule has 0 radical (unpaired) electrons. The number of para-hydroxylation sites is 1. The maximum absolute atomic E-state index is 14.1. The predicted octanol–water partition coefficient (Wildman–Crippen LogP) is 3.02. The number of carboxylic acid groups (broad SMARTS) is 1. The van der Waals surface area contributed by atoms with E-state index in [2.05, 4.69) is 20.9 Å². The van der Waals surface area contributed by atoms with Crippen molar-refractivity contribution < 1.29 is 33.8 Å². The highest BCUT2D eigenvalue weighted by atomic mass is 16.6. The van der Waals surface area contributed by atoms with Gasteiger partial charge in [-0.25, -0.2) is 4.79 Å². The minimum atomic E-state index is -1.19. The highest BCUT2D eigenvalue weighted by Crippen LogP contribution is 2.22. The fourth-order valence-electron chi connectivity index (χ4n) is 6.19. The topological polar surface area (TPSA) is 196 Å². The van der Waals surface area contributed by atoms with Crippen LogP contribution < -0.4 is 21.7 Å². The number of nitrogens with two attached hydrogens (primary N) is 1. The number of aliphatic carboxylic acids is 1. The van der Waals surface area contributed by atoms with Crippen molar-refractivity contribution >= 4 is 40.7 Å². The summed E-state index contributed by atoms with van der Waals surface area (Å²) in [4.78, 5) is 70.0. The summed E-state index contributed by atoms with van der Waals surface area (Å²) in [6, 6.07) is 12.3. The monoisotopic (exact) mass is 676 g/mol. The third kappa shape index (κ3) is 10.3. The van der Waals surface area contributed by atoms with Gasteiger partial charge < -0.3 is 36.1 Å². The summed E-state index contributed by atoms with van der Waals surface area (Å²) in [5, 5.41) is 19.6. The maximum atomic E-state index is 14.1. The fourth-order valence-corrected chi connectivity index (χ4v) is 6.19. The molecule has 1 saturated heterocycles. The number of benzene rings is 2. The number of rotatable bonds is 15. The molecule has 49 heavy (non-hydrogen) atoms. The molecule has 1 fully saturated rings. The molecule has 0 spiro atoms. The van der Waals surface area contributed by atoms with Crippen LogP contribution in [-0.4, -0.2) is 87.1 Å². The van der Waals surface area contributed by atoms with E-state index in [9.17, 15) is 29.1 Å². The van der Waals surface area contributed by atoms with Gasteiger partial charge in [-0.05, 0) is 44.4 Å². The number of amides is 4. The molecule has 13 nitrogen and oxygen atoms in total. The number of unbranched alkanes of at least 4 members (excludes halogenated alkanes) is 1. The van der Waals surface area contributed by atoms with Crippen molar-refractivity contribution in [2.75, 3.05) is 6.54 Å². The van der Waals surface area contributed by atoms with E-state index in [1.807, 2.05) is 61.5 Å². The van der Waals surface area contributed by atoms with Gasteiger partial charge in [0.1, 0.15) is 17.7 Å². The van der Waals surface area contributed by atoms with Crippen LogP contribution in [0.2, 0.25) is 0 Å². The van der Waals surface area contributed by atoms with Crippen molar-refractivity contribution in [1.82, 2.24) is 25.8 Å². The second-order valence-electron chi connectivity index (χ2n) is 13.5. The lowest BCUT2D eigenvalue weighted by atomic mass is 9.93. The summed E-state index contributed by atoms with van der Waals surface area (Å²) >= 11 is 0. The van der Waals surface area contributed by atoms with Crippen molar-refractivity contribution in [3.63, 3.8) is 0 Å². The Labute approximate surface area is 286 Å². The number of hydrogen-bond donors (Lipinski definition) is 6. The lowest BCUT2D eigenvalue weighted by molar-refractivity contribution is -0.149. The van der Waals surface area contributed by atoms with Gasteiger partial charge in [0.05, 0.1) is 12.5 Å². The van der Waals surface area contributed by atoms with Crippen LogP contribution in [0.4, 0.5) is 4.79 Å². The van der Waals surface area contributed by atoms with E-state index < -0.39 is 72.0 Å². The van der Waals surface area contributed by atoms with Crippen molar-refractivity contribution in [3.05, 3.63) is 71.9 Å². The number of ether oxygens (including phenoxy) is 1. The van der Waals surface area contributed by atoms with Gasteiger partial charge in [0.15, 0.2) is 0 Å². The first-order valence-electron chi connectivity index (χ1n) is 16.7. The second-order valence-corrected chi connectivity index (χ2v) is 13.5. The normalized spacial score (nSPS) is 18.4. The molecule has 5 atom stereocenters. The smallest absolute Gasteiger partial charge is 0.408 e. The predicted molar refractivity (Wildman–Crippen MR) is 184 cm³/mol. The van der Waals surface area contributed by atoms with Crippen LogP contribution in [0.25, 0.3) is 10.9 Å². The number of primary amides is 1. The molecule has 2 aromatic carbocycles. The molecule has 0 bridgehead atoms. The lowest BCUT2D eigenvalue weighted by Crippen LogP contribution is -2.69. The van der Waals surface area contributed by atoms with Gasteiger partial charge in [0.2, 0.25) is 17.7 Å². The van der Waals surface area contributed by atoms with Crippen LogP contribution in [0.3, 0.4) is 0 Å². The Bertz CT molecular complexity index is 1620. The molecule has 4 rings (SSSR count). The summed E-state index contributed by atoms with van der Waals surface area (Å²) in [5.74, 6) is -2.95. The van der Waals surface area contributed by atoms with Crippen LogP contribution in [-0.2, 0) is 36.8 Å². The molecule has 1 aromatic heterocycles. The molecule has 4 amide bonds. The number of H-pyrrole nitrogens is 1. The van der Waals surface area contributed by atoms with Gasteiger partial charge in [-0.2, -0.15) is 0 Å². The molecule has 13 heteroatoms. The molecule has 1 aliphatic rings. The number of fused-ring (bicyclic) bond motifs is 1. The van der Waals surface area contributed by atoms with Gasteiger partial charge in [0.25, 0.3) is 0 Å². The molecule has 0 aliphatic carbocycles. The van der Waals surface area contributed by atoms with E-state index in [1.165, 1.54) is 4.90 Å². The Morgan fingerprint density at radius 1 is 1.04 bits per heavy atom. The average molecular weight is 677 g/mol. The molecule has 7 N–H and O–H groups in total. The third-order valence-electron chi connectivity index (χ3n) is 8.53. The van der Waals surface area contributed by atoms with E-state index in [-0.39, 0.29) is 19.4 Å².